The Kier molecular flexibility index (Phi) is 5.71. The molecular weight excluding hydrogens is 297 g/mol. The number of rotatable bonds is 5. The predicted molar refractivity (Wildman–Crippen MR) is 88.3 cm³/mol. The van der Waals surface area contributed by atoms with Crippen molar-refractivity contribution < 1.29 is 14.0 Å². The van der Waals surface area contributed by atoms with Gasteiger partial charge < -0.3 is 10.2 Å². The molecule has 0 saturated carbocycles. The van der Waals surface area contributed by atoms with Gasteiger partial charge in [0.15, 0.2) is 5.78 Å². The van der Waals surface area contributed by atoms with Gasteiger partial charge in [0.05, 0.1) is 17.8 Å². The molecule has 23 heavy (non-hydrogen) atoms. The fraction of sp³-hybridized carbons (Fsp3) is 0.529. The Labute approximate surface area is 136 Å². The number of carbonyl (C=O) groups excluding carboxylic acids is 2. The van der Waals surface area contributed by atoms with Crippen LogP contribution in [-0.2, 0) is 4.79 Å². The molecule has 1 aromatic rings. The van der Waals surface area contributed by atoms with Gasteiger partial charge in [-0.15, -0.1) is 0 Å². The average molecular weight is 321 g/mol. The van der Waals surface area contributed by atoms with Gasteiger partial charge in [0, 0.05) is 32.2 Å². The molecule has 1 amide bonds. The number of Topliss-reactive ketones (excluding diaryl/α,β-unsaturated/α-hetero) is 1. The first-order valence-electron chi connectivity index (χ1n) is 7.94. The first-order valence-corrected chi connectivity index (χ1v) is 7.94. The maximum atomic E-state index is 13.9. The molecule has 0 aromatic heterocycles. The SMILES string of the molecule is CC(=O)c1c(F)cccc1N1CCN(CC(=O)NC(C)C)CC1. The molecule has 0 bridgehead atoms. The van der Waals surface area contributed by atoms with E-state index in [-0.39, 0.29) is 23.3 Å². The van der Waals surface area contributed by atoms with E-state index in [1.807, 2.05) is 18.7 Å². The monoisotopic (exact) mass is 321 g/mol. The van der Waals surface area contributed by atoms with Crippen LogP contribution >= 0.6 is 0 Å². The second-order valence-corrected chi connectivity index (χ2v) is 6.18. The Balaban J connectivity index is 1.99. The lowest BCUT2D eigenvalue weighted by molar-refractivity contribution is -0.122. The lowest BCUT2D eigenvalue weighted by Crippen LogP contribution is -2.50. The van der Waals surface area contributed by atoms with Crippen LogP contribution < -0.4 is 10.2 Å². The molecule has 0 radical (unpaired) electrons. The van der Waals surface area contributed by atoms with Crippen molar-refractivity contribution in [3.8, 4) is 0 Å². The van der Waals surface area contributed by atoms with Gasteiger partial charge in [-0.25, -0.2) is 4.39 Å². The summed E-state index contributed by atoms with van der Waals surface area (Å²) in [6.07, 6.45) is 0. The highest BCUT2D eigenvalue weighted by molar-refractivity contribution is 6.00. The third-order valence-electron chi connectivity index (χ3n) is 3.87. The van der Waals surface area contributed by atoms with Crippen molar-refractivity contribution in [3.05, 3.63) is 29.6 Å². The number of hydrogen-bond acceptors (Lipinski definition) is 4. The Hall–Kier alpha value is -1.95. The number of benzene rings is 1. The highest BCUT2D eigenvalue weighted by Gasteiger charge is 2.23. The molecule has 0 unspecified atom stereocenters. The first kappa shape index (κ1) is 17.4. The molecule has 2 rings (SSSR count). The molecule has 1 fully saturated rings. The van der Waals surface area contributed by atoms with E-state index in [1.165, 1.54) is 13.0 Å². The molecule has 1 saturated heterocycles. The summed E-state index contributed by atoms with van der Waals surface area (Å²) in [5.74, 6) is -0.728. The Morgan fingerprint density at radius 1 is 1.22 bits per heavy atom. The van der Waals surface area contributed by atoms with Crippen molar-refractivity contribution in [2.24, 2.45) is 0 Å². The fourth-order valence-corrected chi connectivity index (χ4v) is 2.84. The normalized spacial score (nSPS) is 15.8. The van der Waals surface area contributed by atoms with Crippen molar-refractivity contribution in [2.75, 3.05) is 37.6 Å². The minimum absolute atomic E-state index is 0.0173. The number of hydrogen-bond donors (Lipinski definition) is 1. The molecule has 1 N–H and O–H groups in total. The van der Waals surface area contributed by atoms with Crippen molar-refractivity contribution in [3.63, 3.8) is 0 Å². The summed E-state index contributed by atoms with van der Waals surface area (Å²) in [5, 5.41) is 2.88. The number of halogens is 1. The quantitative estimate of drug-likeness (QED) is 0.838. The Bertz CT molecular complexity index is 581. The molecule has 126 valence electrons. The summed E-state index contributed by atoms with van der Waals surface area (Å²) in [5.41, 5.74) is 0.794. The van der Waals surface area contributed by atoms with Crippen molar-refractivity contribution in [1.82, 2.24) is 10.2 Å². The largest absolute Gasteiger partial charge is 0.368 e. The average Bonchev–Trinajstić information content (AvgIpc) is 2.46. The molecule has 5 nitrogen and oxygen atoms in total. The number of anilines is 1. The van der Waals surface area contributed by atoms with E-state index in [0.29, 0.717) is 38.4 Å². The number of carbonyl (C=O) groups is 2. The smallest absolute Gasteiger partial charge is 0.234 e. The topological polar surface area (TPSA) is 52.7 Å². The number of nitrogens with one attached hydrogen (secondary N) is 1. The van der Waals surface area contributed by atoms with E-state index in [1.54, 1.807) is 12.1 Å². The van der Waals surface area contributed by atoms with Crippen molar-refractivity contribution in [2.45, 2.75) is 26.8 Å². The van der Waals surface area contributed by atoms with Crippen LogP contribution in [0.3, 0.4) is 0 Å². The standard InChI is InChI=1S/C17H24FN3O2/c1-12(2)19-16(23)11-20-7-9-21(10-8-20)15-6-4-5-14(18)17(15)13(3)22/h4-6,12H,7-11H2,1-3H3,(H,19,23). The lowest BCUT2D eigenvalue weighted by atomic mass is 10.1. The minimum Gasteiger partial charge on any atom is -0.368 e. The van der Waals surface area contributed by atoms with E-state index in [0.717, 1.165) is 0 Å². The summed E-state index contributed by atoms with van der Waals surface area (Å²) in [7, 11) is 0. The third-order valence-corrected chi connectivity index (χ3v) is 3.87. The molecular formula is C17H24FN3O2. The van der Waals surface area contributed by atoms with Gasteiger partial charge in [0.2, 0.25) is 5.91 Å². The fourth-order valence-electron chi connectivity index (χ4n) is 2.84. The van der Waals surface area contributed by atoms with Gasteiger partial charge >= 0.3 is 0 Å². The van der Waals surface area contributed by atoms with Crippen LogP contribution in [0.15, 0.2) is 18.2 Å². The first-order chi connectivity index (χ1) is 10.9. The molecule has 1 aliphatic heterocycles. The van der Waals surface area contributed by atoms with Crippen LogP contribution in [0.1, 0.15) is 31.1 Å². The van der Waals surface area contributed by atoms with Crippen LogP contribution in [0.25, 0.3) is 0 Å². The van der Waals surface area contributed by atoms with Gasteiger partial charge in [0.25, 0.3) is 0 Å². The summed E-state index contributed by atoms with van der Waals surface area (Å²) in [6.45, 7) is 8.37. The van der Waals surface area contributed by atoms with E-state index in [2.05, 4.69) is 10.2 Å². The number of piperazine rings is 1. The van der Waals surface area contributed by atoms with E-state index in [4.69, 9.17) is 0 Å². The summed E-state index contributed by atoms with van der Waals surface area (Å²) in [6, 6.07) is 4.85. The van der Waals surface area contributed by atoms with Gasteiger partial charge in [-0.05, 0) is 32.9 Å². The van der Waals surface area contributed by atoms with Gasteiger partial charge in [-0.3, -0.25) is 14.5 Å². The van der Waals surface area contributed by atoms with E-state index >= 15 is 0 Å². The second kappa shape index (κ2) is 7.55. The lowest BCUT2D eigenvalue weighted by Gasteiger charge is -2.36. The van der Waals surface area contributed by atoms with Crippen molar-refractivity contribution >= 4 is 17.4 Å². The number of amides is 1. The number of nitrogens with zero attached hydrogens (tertiary/aromatic N) is 2. The predicted octanol–water partition coefficient (Wildman–Crippen LogP) is 1.67. The molecule has 6 heteroatoms. The Morgan fingerprint density at radius 3 is 2.43 bits per heavy atom. The molecule has 1 heterocycles. The maximum Gasteiger partial charge on any atom is 0.234 e. The van der Waals surface area contributed by atoms with Crippen LogP contribution in [0.5, 0.6) is 0 Å². The van der Waals surface area contributed by atoms with Gasteiger partial charge in [0.1, 0.15) is 5.82 Å². The van der Waals surface area contributed by atoms with Crippen LogP contribution in [-0.4, -0.2) is 55.4 Å². The second-order valence-electron chi connectivity index (χ2n) is 6.18. The number of ketones is 1. The minimum atomic E-state index is -0.478. The maximum absolute atomic E-state index is 13.9. The summed E-state index contributed by atoms with van der Waals surface area (Å²) < 4.78 is 13.9. The summed E-state index contributed by atoms with van der Waals surface area (Å²) in [4.78, 5) is 27.6. The highest BCUT2D eigenvalue weighted by atomic mass is 19.1. The van der Waals surface area contributed by atoms with Crippen LogP contribution in [0.2, 0.25) is 0 Å². The molecule has 1 aromatic carbocycles. The zero-order chi connectivity index (χ0) is 17.0. The molecule has 1 aliphatic rings. The third kappa shape index (κ3) is 4.51. The van der Waals surface area contributed by atoms with Crippen LogP contribution in [0, 0.1) is 5.82 Å². The molecule has 0 aliphatic carbocycles. The molecule has 0 atom stereocenters. The van der Waals surface area contributed by atoms with E-state index < -0.39 is 5.82 Å². The van der Waals surface area contributed by atoms with Crippen molar-refractivity contribution in [1.29, 1.82) is 0 Å². The molecule has 0 spiro atoms. The van der Waals surface area contributed by atoms with Crippen LogP contribution in [0.4, 0.5) is 10.1 Å². The van der Waals surface area contributed by atoms with Gasteiger partial charge in [-0.2, -0.15) is 0 Å². The summed E-state index contributed by atoms with van der Waals surface area (Å²) >= 11 is 0. The Morgan fingerprint density at radius 2 is 1.87 bits per heavy atom. The van der Waals surface area contributed by atoms with E-state index in [9.17, 15) is 14.0 Å². The van der Waals surface area contributed by atoms with Gasteiger partial charge in [-0.1, -0.05) is 6.07 Å². The highest BCUT2D eigenvalue weighted by Crippen LogP contribution is 2.24. The zero-order valence-corrected chi connectivity index (χ0v) is 13.9. The zero-order valence-electron chi connectivity index (χ0n) is 13.9.